The second-order valence-corrected chi connectivity index (χ2v) is 7.53. The first-order valence-electron chi connectivity index (χ1n) is 10.1. The molecule has 1 aliphatic carbocycles. The predicted octanol–water partition coefficient (Wildman–Crippen LogP) is 2.65. The highest BCUT2D eigenvalue weighted by Gasteiger charge is 2.16. The molecule has 2 amide bonds. The molecule has 1 aliphatic rings. The number of nitrogens with zero attached hydrogens (tertiary/aromatic N) is 3. The van der Waals surface area contributed by atoms with Crippen LogP contribution < -0.4 is 16.2 Å². The lowest BCUT2D eigenvalue weighted by Crippen LogP contribution is -2.31. The molecule has 8 heteroatoms. The summed E-state index contributed by atoms with van der Waals surface area (Å²) in [5.74, 6) is -0.163. The Morgan fingerprint density at radius 1 is 1.03 bits per heavy atom. The second kappa shape index (κ2) is 8.86. The average molecular weight is 405 g/mol. The van der Waals surface area contributed by atoms with E-state index in [0.29, 0.717) is 29.2 Å². The van der Waals surface area contributed by atoms with E-state index in [1.807, 2.05) is 0 Å². The second-order valence-electron chi connectivity index (χ2n) is 7.53. The van der Waals surface area contributed by atoms with Gasteiger partial charge in [-0.2, -0.15) is 0 Å². The maximum absolute atomic E-state index is 12.8. The highest BCUT2D eigenvalue weighted by atomic mass is 16.2. The van der Waals surface area contributed by atoms with E-state index in [0.717, 1.165) is 12.8 Å². The van der Waals surface area contributed by atoms with Gasteiger partial charge in [-0.05, 0) is 43.0 Å². The van der Waals surface area contributed by atoms with Gasteiger partial charge in [0.25, 0.3) is 17.4 Å². The van der Waals surface area contributed by atoms with Gasteiger partial charge in [-0.15, -0.1) is 0 Å². The summed E-state index contributed by atoms with van der Waals surface area (Å²) in [6.07, 6.45) is 11.7. The molecule has 0 aliphatic heterocycles. The Balaban J connectivity index is 1.52. The number of nitrogens with one attached hydrogen (secondary N) is 2. The van der Waals surface area contributed by atoms with Crippen LogP contribution >= 0.6 is 0 Å². The van der Waals surface area contributed by atoms with Crippen molar-refractivity contribution in [1.82, 2.24) is 19.7 Å². The minimum Gasteiger partial charge on any atom is -0.352 e. The largest absolute Gasteiger partial charge is 0.352 e. The fourth-order valence-corrected chi connectivity index (χ4v) is 3.72. The van der Waals surface area contributed by atoms with E-state index in [9.17, 15) is 14.4 Å². The number of anilines is 1. The number of pyridine rings is 2. The number of rotatable bonds is 5. The van der Waals surface area contributed by atoms with Gasteiger partial charge < -0.3 is 10.6 Å². The van der Waals surface area contributed by atoms with Crippen molar-refractivity contribution in [3.8, 4) is 0 Å². The van der Waals surface area contributed by atoms with E-state index in [4.69, 9.17) is 0 Å². The molecule has 0 unspecified atom stereocenters. The zero-order chi connectivity index (χ0) is 20.9. The molecule has 3 aromatic heterocycles. The number of fused-ring (bicyclic) bond motifs is 1. The molecule has 0 atom stereocenters. The van der Waals surface area contributed by atoms with Crippen molar-refractivity contribution in [2.24, 2.45) is 5.92 Å². The lowest BCUT2D eigenvalue weighted by molar-refractivity contribution is 0.0942. The van der Waals surface area contributed by atoms with Crippen molar-refractivity contribution < 1.29 is 9.59 Å². The number of carbonyl (C=O) groups is 2. The zero-order valence-electron chi connectivity index (χ0n) is 16.5. The number of hydrogen-bond donors (Lipinski definition) is 2. The number of amides is 2. The molecular weight excluding hydrogens is 382 g/mol. The number of hydrogen-bond acceptors (Lipinski definition) is 5. The maximum atomic E-state index is 12.8. The van der Waals surface area contributed by atoms with Gasteiger partial charge in [-0.3, -0.25) is 23.8 Å². The Kier molecular flexibility index (Phi) is 5.83. The smallest absolute Gasteiger partial charge is 0.281 e. The molecule has 0 radical (unpaired) electrons. The van der Waals surface area contributed by atoms with Crippen LogP contribution in [0, 0.1) is 5.92 Å². The molecule has 154 valence electrons. The van der Waals surface area contributed by atoms with Gasteiger partial charge in [-0.1, -0.05) is 19.3 Å². The average Bonchev–Trinajstić information content (AvgIpc) is 2.80. The molecular formula is C22H23N5O3. The third-order valence-electron chi connectivity index (χ3n) is 5.41. The minimum absolute atomic E-state index is 0.0288. The Morgan fingerprint density at radius 2 is 1.87 bits per heavy atom. The summed E-state index contributed by atoms with van der Waals surface area (Å²) in [5.41, 5.74) is 0.666. The van der Waals surface area contributed by atoms with Gasteiger partial charge in [0.05, 0.1) is 17.3 Å². The summed E-state index contributed by atoms with van der Waals surface area (Å²) in [6.45, 7) is 0.644. The van der Waals surface area contributed by atoms with Gasteiger partial charge in [0.2, 0.25) is 0 Å². The summed E-state index contributed by atoms with van der Waals surface area (Å²) < 4.78 is 1.27. The predicted molar refractivity (Wildman–Crippen MR) is 113 cm³/mol. The Labute approximate surface area is 173 Å². The van der Waals surface area contributed by atoms with Crippen molar-refractivity contribution in [2.45, 2.75) is 32.1 Å². The summed E-state index contributed by atoms with van der Waals surface area (Å²) in [7, 11) is 0. The normalized spacial score (nSPS) is 14.4. The molecule has 0 saturated heterocycles. The maximum Gasteiger partial charge on any atom is 0.281 e. The molecule has 3 heterocycles. The van der Waals surface area contributed by atoms with Crippen LogP contribution in [-0.4, -0.2) is 32.7 Å². The van der Waals surface area contributed by atoms with Gasteiger partial charge in [0, 0.05) is 25.1 Å². The molecule has 8 nitrogen and oxygen atoms in total. The van der Waals surface area contributed by atoms with Crippen LogP contribution in [0.1, 0.15) is 52.8 Å². The topological polar surface area (TPSA) is 105 Å². The fraction of sp³-hybridized carbons (Fsp3) is 0.318. The first kappa shape index (κ1) is 19.8. The van der Waals surface area contributed by atoms with Gasteiger partial charge in [-0.25, -0.2) is 4.98 Å². The molecule has 30 heavy (non-hydrogen) atoms. The van der Waals surface area contributed by atoms with E-state index in [2.05, 4.69) is 20.6 Å². The van der Waals surface area contributed by atoms with Crippen molar-refractivity contribution in [3.63, 3.8) is 0 Å². The van der Waals surface area contributed by atoms with E-state index < -0.39 is 11.5 Å². The summed E-state index contributed by atoms with van der Waals surface area (Å²) >= 11 is 0. The van der Waals surface area contributed by atoms with Crippen LogP contribution in [0.3, 0.4) is 0 Å². The summed E-state index contributed by atoms with van der Waals surface area (Å²) in [6, 6.07) is 6.50. The van der Waals surface area contributed by atoms with Crippen LogP contribution in [0.4, 0.5) is 5.69 Å². The first-order valence-corrected chi connectivity index (χ1v) is 10.1. The zero-order valence-corrected chi connectivity index (χ0v) is 16.5. The Morgan fingerprint density at radius 3 is 2.63 bits per heavy atom. The molecule has 3 aromatic rings. The lowest BCUT2D eigenvalue weighted by atomic mass is 9.89. The Hall–Kier alpha value is -3.55. The van der Waals surface area contributed by atoms with Gasteiger partial charge >= 0.3 is 0 Å². The highest BCUT2D eigenvalue weighted by Crippen LogP contribution is 2.22. The van der Waals surface area contributed by atoms with Crippen LogP contribution in [0.5, 0.6) is 0 Å². The minimum atomic E-state index is -0.459. The Bertz CT molecular complexity index is 1120. The molecule has 1 fully saturated rings. The molecule has 2 N–H and O–H groups in total. The molecule has 1 saturated carbocycles. The number of aromatic nitrogens is 3. The molecule has 4 rings (SSSR count). The summed E-state index contributed by atoms with van der Waals surface area (Å²) in [4.78, 5) is 45.8. The van der Waals surface area contributed by atoms with E-state index in [1.54, 1.807) is 30.5 Å². The van der Waals surface area contributed by atoms with Gasteiger partial charge in [0.1, 0.15) is 11.3 Å². The van der Waals surface area contributed by atoms with Crippen LogP contribution in [0.15, 0.2) is 53.8 Å². The molecule has 0 spiro atoms. The van der Waals surface area contributed by atoms with Crippen molar-refractivity contribution in [1.29, 1.82) is 0 Å². The monoisotopic (exact) mass is 405 g/mol. The molecule has 0 bridgehead atoms. The van der Waals surface area contributed by atoms with E-state index >= 15 is 0 Å². The summed E-state index contributed by atoms with van der Waals surface area (Å²) in [5, 5.41) is 5.53. The standard InChI is InChI=1S/C22H23N5O3/c28-20(25-11-15-5-2-1-3-6-15)17-8-9-19-24-13-18(22(30)27(19)14-17)26-21(29)16-7-4-10-23-12-16/h4,7-10,12-15H,1-3,5-6,11H2,(H,25,28)(H,26,29). The third-order valence-corrected chi connectivity index (χ3v) is 5.41. The highest BCUT2D eigenvalue weighted by molar-refractivity contribution is 6.03. The fourth-order valence-electron chi connectivity index (χ4n) is 3.72. The first-order chi connectivity index (χ1) is 14.6. The lowest BCUT2D eigenvalue weighted by Gasteiger charge is -2.21. The van der Waals surface area contributed by atoms with Crippen molar-refractivity contribution >= 4 is 23.1 Å². The van der Waals surface area contributed by atoms with Crippen LogP contribution in [0.25, 0.3) is 5.65 Å². The van der Waals surface area contributed by atoms with E-state index in [-0.39, 0.29) is 11.6 Å². The van der Waals surface area contributed by atoms with Crippen molar-refractivity contribution in [2.75, 3.05) is 11.9 Å². The third kappa shape index (κ3) is 4.37. The number of carbonyl (C=O) groups excluding carboxylic acids is 2. The SMILES string of the molecule is O=C(NCC1CCCCC1)c1ccc2ncc(NC(=O)c3cccnc3)c(=O)n2c1. The quantitative estimate of drug-likeness (QED) is 0.679. The van der Waals surface area contributed by atoms with Crippen LogP contribution in [0.2, 0.25) is 0 Å². The van der Waals surface area contributed by atoms with Crippen LogP contribution in [-0.2, 0) is 0 Å². The van der Waals surface area contributed by atoms with Gasteiger partial charge in [0.15, 0.2) is 0 Å². The van der Waals surface area contributed by atoms with E-state index in [1.165, 1.54) is 42.3 Å². The van der Waals surface area contributed by atoms with Crippen molar-refractivity contribution in [3.05, 3.63) is 70.5 Å². The molecule has 0 aromatic carbocycles.